The first kappa shape index (κ1) is 7.86. The highest BCUT2D eigenvalue weighted by Crippen LogP contribution is 2.23. The fraction of sp³-hybridized carbons (Fsp3) is 0.100. The Morgan fingerprint density at radius 3 is 2.92 bits per heavy atom. The molecule has 1 aromatic carbocycles. The second kappa shape index (κ2) is 2.94. The standard InChI is InChI=1S/C10H11N3/c1-7-2-3-9(11)4-10(7)8-5-12-13-6-8/h2-6H,11H2,1H3,(H,12,13). The number of nitrogens with one attached hydrogen (secondary N) is 1. The van der Waals surface area contributed by atoms with Crippen LogP contribution in [0.3, 0.4) is 0 Å². The maximum Gasteiger partial charge on any atom is 0.0565 e. The van der Waals surface area contributed by atoms with Crippen LogP contribution in [0.5, 0.6) is 0 Å². The number of rotatable bonds is 1. The molecule has 2 rings (SSSR count). The number of aryl methyl sites for hydroxylation is 1. The number of H-pyrrole nitrogens is 1. The van der Waals surface area contributed by atoms with Gasteiger partial charge in [0.05, 0.1) is 6.20 Å². The number of benzene rings is 1. The van der Waals surface area contributed by atoms with Crippen molar-refractivity contribution in [1.82, 2.24) is 10.2 Å². The minimum Gasteiger partial charge on any atom is -0.399 e. The molecule has 0 saturated carbocycles. The van der Waals surface area contributed by atoms with Crippen molar-refractivity contribution in [3.8, 4) is 11.1 Å². The highest BCUT2D eigenvalue weighted by atomic mass is 15.1. The summed E-state index contributed by atoms with van der Waals surface area (Å²) in [5.74, 6) is 0. The SMILES string of the molecule is Cc1ccc(N)cc1-c1cn[nH]c1. The molecule has 0 aliphatic rings. The van der Waals surface area contributed by atoms with Gasteiger partial charge in [0.2, 0.25) is 0 Å². The van der Waals surface area contributed by atoms with E-state index in [0.717, 1.165) is 16.8 Å². The van der Waals surface area contributed by atoms with E-state index < -0.39 is 0 Å². The first-order valence-electron chi connectivity index (χ1n) is 4.12. The summed E-state index contributed by atoms with van der Waals surface area (Å²) in [5, 5.41) is 6.69. The van der Waals surface area contributed by atoms with E-state index in [1.54, 1.807) is 6.20 Å². The van der Waals surface area contributed by atoms with Crippen LogP contribution in [0.2, 0.25) is 0 Å². The molecule has 0 bridgehead atoms. The van der Waals surface area contributed by atoms with Gasteiger partial charge in [0.25, 0.3) is 0 Å². The van der Waals surface area contributed by atoms with E-state index in [0.29, 0.717) is 0 Å². The smallest absolute Gasteiger partial charge is 0.0565 e. The van der Waals surface area contributed by atoms with Crippen molar-refractivity contribution >= 4 is 5.69 Å². The molecule has 0 unspecified atom stereocenters. The van der Waals surface area contributed by atoms with Crippen molar-refractivity contribution in [2.75, 3.05) is 5.73 Å². The molecule has 3 nitrogen and oxygen atoms in total. The molecule has 0 atom stereocenters. The fourth-order valence-electron chi connectivity index (χ4n) is 1.35. The predicted octanol–water partition coefficient (Wildman–Crippen LogP) is 1.97. The minimum atomic E-state index is 0.779. The summed E-state index contributed by atoms with van der Waals surface area (Å²) in [5.41, 5.74) is 9.89. The minimum absolute atomic E-state index is 0.779. The van der Waals surface area contributed by atoms with Crippen molar-refractivity contribution < 1.29 is 0 Å². The number of hydrogen-bond acceptors (Lipinski definition) is 2. The Balaban J connectivity index is 2.57. The zero-order valence-electron chi connectivity index (χ0n) is 7.41. The Kier molecular flexibility index (Phi) is 1.77. The molecule has 1 aromatic heterocycles. The third-order valence-corrected chi connectivity index (χ3v) is 2.07. The van der Waals surface area contributed by atoms with Gasteiger partial charge < -0.3 is 5.73 Å². The molecule has 0 spiro atoms. The van der Waals surface area contributed by atoms with Gasteiger partial charge in [0.15, 0.2) is 0 Å². The van der Waals surface area contributed by atoms with Crippen LogP contribution in [0, 0.1) is 6.92 Å². The number of aromatic nitrogens is 2. The number of nitrogen functional groups attached to an aromatic ring is 1. The maximum atomic E-state index is 5.70. The molecule has 0 amide bonds. The van der Waals surface area contributed by atoms with Crippen molar-refractivity contribution in [3.05, 3.63) is 36.2 Å². The summed E-state index contributed by atoms with van der Waals surface area (Å²) in [6, 6.07) is 5.87. The summed E-state index contributed by atoms with van der Waals surface area (Å²) in [7, 11) is 0. The van der Waals surface area contributed by atoms with E-state index in [4.69, 9.17) is 5.73 Å². The normalized spacial score (nSPS) is 10.2. The second-order valence-electron chi connectivity index (χ2n) is 3.06. The van der Waals surface area contributed by atoms with Crippen LogP contribution in [0.15, 0.2) is 30.6 Å². The lowest BCUT2D eigenvalue weighted by Crippen LogP contribution is -1.87. The van der Waals surface area contributed by atoms with Crippen LogP contribution in [-0.4, -0.2) is 10.2 Å². The number of nitrogens with two attached hydrogens (primary N) is 1. The molecule has 0 aliphatic heterocycles. The third-order valence-electron chi connectivity index (χ3n) is 2.07. The fourth-order valence-corrected chi connectivity index (χ4v) is 1.35. The zero-order chi connectivity index (χ0) is 9.26. The average Bonchev–Trinajstić information content (AvgIpc) is 2.61. The number of anilines is 1. The van der Waals surface area contributed by atoms with Gasteiger partial charge in [-0.2, -0.15) is 5.10 Å². The molecule has 66 valence electrons. The Morgan fingerprint density at radius 1 is 1.38 bits per heavy atom. The van der Waals surface area contributed by atoms with Gasteiger partial charge >= 0.3 is 0 Å². The average molecular weight is 173 g/mol. The van der Waals surface area contributed by atoms with Gasteiger partial charge in [0, 0.05) is 17.4 Å². The van der Waals surface area contributed by atoms with Crippen LogP contribution in [0.1, 0.15) is 5.56 Å². The molecule has 3 heteroatoms. The predicted molar refractivity (Wildman–Crippen MR) is 53.2 cm³/mol. The van der Waals surface area contributed by atoms with Gasteiger partial charge in [-0.25, -0.2) is 0 Å². The third kappa shape index (κ3) is 1.40. The molecule has 2 aromatic rings. The van der Waals surface area contributed by atoms with Gasteiger partial charge in [-0.3, -0.25) is 5.10 Å². The molecule has 1 heterocycles. The lowest BCUT2D eigenvalue weighted by atomic mass is 10.0. The monoisotopic (exact) mass is 173 g/mol. The van der Waals surface area contributed by atoms with Crippen LogP contribution in [-0.2, 0) is 0 Å². The summed E-state index contributed by atoms with van der Waals surface area (Å²) in [6.07, 6.45) is 3.66. The Morgan fingerprint density at radius 2 is 2.23 bits per heavy atom. The quantitative estimate of drug-likeness (QED) is 0.648. The molecular weight excluding hydrogens is 162 g/mol. The Labute approximate surface area is 76.6 Å². The van der Waals surface area contributed by atoms with Crippen LogP contribution in [0.25, 0.3) is 11.1 Å². The zero-order valence-corrected chi connectivity index (χ0v) is 7.41. The Hall–Kier alpha value is -1.77. The number of nitrogens with zero attached hydrogens (tertiary/aromatic N) is 1. The van der Waals surface area contributed by atoms with Gasteiger partial charge in [-0.1, -0.05) is 6.07 Å². The first-order chi connectivity index (χ1) is 6.27. The highest BCUT2D eigenvalue weighted by Gasteiger charge is 2.02. The van der Waals surface area contributed by atoms with E-state index in [1.807, 2.05) is 24.4 Å². The second-order valence-corrected chi connectivity index (χ2v) is 3.06. The van der Waals surface area contributed by atoms with Crippen LogP contribution < -0.4 is 5.73 Å². The summed E-state index contributed by atoms with van der Waals surface area (Å²) in [4.78, 5) is 0. The molecule has 0 aliphatic carbocycles. The van der Waals surface area contributed by atoms with Crippen molar-refractivity contribution in [2.45, 2.75) is 6.92 Å². The van der Waals surface area contributed by atoms with Crippen LogP contribution >= 0.6 is 0 Å². The summed E-state index contributed by atoms with van der Waals surface area (Å²) >= 11 is 0. The first-order valence-corrected chi connectivity index (χ1v) is 4.12. The van der Waals surface area contributed by atoms with E-state index in [9.17, 15) is 0 Å². The van der Waals surface area contributed by atoms with E-state index >= 15 is 0 Å². The molecule has 0 radical (unpaired) electrons. The highest BCUT2D eigenvalue weighted by molar-refractivity contribution is 5.69. The lowest BCUT2D eigenvalue weighted by molar-refractivity contribution is 1.09. The summed E-state index contributed by atoms with van der Waals surface area (Å²) in [6.45, 7) is 2.06. The van der Waals surface area contributed by atoms with Crippen molar-refractivity contribution in [3.63, 3.8) is 0 Å². The van der Waals surface area contributed by atoms with Crippen molar-refractivity contribution in [1.29, 1.82) is 0 Å². The topological polar surface area (TPSA) is 54.7 Å². The van der Waals surface area contributed by atoms with E-state index in [2.05, 4.69) is 17.1 Å². The molecule has 0 saturated heterocycles. The molecule has 0 fully saturated rings. The number of hydrogen-bond donors (Lipinski definition) is 2. The summed E-state index contributed by atoms with van der Waals surface area (Å²) < 4.78 is 0. The van der Waals surface area contributed by atoms with Gasteiger partial charge in [-0.05, 0) is 30.2 Å². The van der Waals surface area contributed by atoms with Gasteiger partial charge in [-0.15, -0.1) is 0 Å². The maximum absolute atomic E-state index is 5.70. The largest absolute Gasteiger partial charge is 0.399 e. The molecule has 3 N–H and O–H groups in total. The van der Waals surface area contributed by atoms with E-state index in [1.165, 1.54) is 5.56 Å². The number of aromatic amines is 1. The van der Waals surface area contributed by atoms with Crippen molar-refractivity contribution in [2.24, 2.45) is 0 Å². The van der Waals surface area contributed by atoms with E-state index in [-0.39, 0.29) is 0 Å². The molecular formula is C10H11N3. The van der Waals surface area contributed by atoms with Gasteiger partial charge in [0.1, 0.15) is 0 Å². The lowest BCUT2D eigenvalue weighted by Gasteiger charge is -2.03. The van der Waals surface area contributed by atoms with Crippen LogP contribution in [0.4, 0.5) is 5.69 Å². The molecule has 13 heavy (non-hydrogen) atoms. The Bertz CT molecular complexity index is 404.